The van der Waals surface area contributed by atoms with Crippen LogP contribution in [-0.2, 0) is 19.4 Å². The Morgan fingerprint density at radius 3 is 2.73 bits per heavy atom. The second kappa shape index (κ2) is 15.4. The third-order valence-corrected chi connectivity index (χ3v) is 13.9. The Morgan fingerprint density at radius 2 is 1.88 bits per heavy atom. The number of benzene rings is 2. The molecule has 10 rings (SSSR count). The van der Waals surface area contributed by atoms with Gasteiger partial charge in [-0.2, -0.15) is 9.97 Å². The lowest BCUT2D eigenvalue weighted by molar-refractivity contribution is 0.106. The number of hydrogen-bond acceptors (Lipinski definition) is 11. The van der Waals surface area contributed by atoms with Crippen LogP contribution in [0, 0.1) is 24.0 Å². The minimum absolute atomic E-state index is 0.00374. The summed E-state index contributed by atoms with van der Waals surface area (Å²) in [6.45, 7) is 4.50. The van der Waals surface area contributed by atoms with Crippen LogP contribution in [0.4, 0.5) is 19.0 Å². The van der Waals surface area contributed by atoms with Gasteiger partial charge in [-0.1, -0.05) is 38.2 Å². The highest BCUT2D eigenvalue weighted by atomic mass is 19.1. The number of terminal acetylenes is 1. The largest absolute Gasteiger partial charge is 0.519 e. The van der Waals surface area contributed by atoms with E-state index in [4.69, 9.17) is 34.9 Å². The zero-order valence-electron chi connectivity index (χ0n) is 33.8. The van der Waals surface area contributed by atoms with Gasteiger partial charge >= 0.3 is 11.8 Å². The monoisotopic (exact) mass is 822 g/mol. The zero-order chi connectivity index (χ0) is 41.3. The van der Waals surface area contributed by atoms with E-state index in [1.807, 2.05) is 0 Å². The van der Waals surface area contributed by atoms with E-state index < -0.39 is 29.2 Å². The summed E-state index contributed by atoms with van der Waals surface area (Å²) >= 11 is 0. The minimum atomic E-state index is -0.955. The average Bonchev–Trinajstić information content (AvgIpc) is 3.95. The van der Waals surface area contributed by atoms with Gasteiger partial charge in [-0.05, 0) is 81.5 Å². The van der Waals surface area contributed by atoms with E-state index in [1.165, 1.54) is 24.3 Å². The molecular formula is C46H49F3N6O5. The Bertz CT molecular complexity index is 2590. The van der Waals surface area contributed by atoms with E-state index in [-0.39, 0.29) is 64.2 Å². The van der Waals surface area contributed by atoms with Crippen molar-refractivity contribution < 1.29 is 31.8 Å². The summed E-state index contributed by atoms with van der Waals surface area (Å²) in [6.07, 6.45) is 15.6. The first-order valence-corrected chi connectivity index (χ1v) is 21.6. The average molecular weight is 823 g/mol. The lowest BCUT2D eigenvalue weighted by Crippen LogP contribution is -2.60. The van der Waals surface area contributed by atoms with Crippen molar-refractivity contribution in [3.63, 3.8) is 0 Å². The molecular weight excluding hydrogens is 774 g/mol. The van der Waals surface area contributed by atoms with Crippen molar-refractivity contribution in [2.75, 3.05) is 31.1 Å². The molecule has 5 atom stereocenters. The van der Waals surface area contributed by atoms with Crippen LogP contribution >= 0.6 is 0 Å². The Morgan fingerprint density at radius 1 is 1.02 bits per heavy atom. The fourth-order valence-electron chi connectivity index (χ4n) is 11.2. The summed E-state index contributed by atoms with van der Waals surface area (Å²) in [5.41, 5.74) is 0.0770. The van der Waals surface area contributed by atoms with Gasteiger partial charge in [0.2, 0.25) is 0 Å². The van der Waals surface area contributed by atoms with Crippen LogP contribution in [0.3, 0.4) is 0 Å². The topological polar surface area (TPSA) is 121 Å². The van der Waals surface area contributed by atoms with Crippen LogP contribution in [0.1, 0.15) is 100 Å². The number of phenolic OH excluding ortho intramolecular Hbond substituents is 1. The first-order chi connectivity index (χ1) is 29.1. The maximum Gasteiger partial charge on any atom is 0.519 e. The standard InChI is InChI=1S/C46H49F3N6O5/c1-3-5-6-7-12-36-37(60-45(57)59-36)24-54-28-14-16-35(54)34-11-8-10-33-39-42(40(49)41(50-33)31-20-29(56)19-26-13-15-32(48)30(4-2)38(26)31)51-44(52-43(39)55(34)23-28)58-25-46-17-9-18-53(46)22-27(47)21-46/h2,13,15,19-20,27-28,34-35,56H,3,5-12,14,16-18,21-25H2,1H3/t27-,28-,34-,35+,46+/m1/s1. The molecule has 2 aromatic carbocycles. The number of unbranched alkanes of at least 4 members (excludes halogenated alkanes) is 3. The summed E-state index contributed by atoms with van der Waals surface area (Å²) in [4.78, 5) is 34.1. The molecule has 14 heteroatoms. The Balaban J connectivity index is 1.08. The molecule has 0 amide bonds. The van der Waals surface area contributed by atoms with Gasteiger partial charge in [0.15, 0.2) is 17.3 Å². The molecule has 0 saturated carbocycles. The maximum absolute atomic E-state index is 17.6. The number of alkyl halides is 1. The molecule has 5 aliphatic rings. The number of ether oxygens (including phenoxy) is 1. The number of rotatable bonds is 11. The zero-order valence-corrected chi connectivity index (χ0v) is 33.8. The molecule has 0 aliphatic carbocycles. The summed E-state index contributed by atoms with van der Waals surface area (Å²) < 4.78 is 65.3. The number of pyridine rings is 1. The fraction of sp³-hybridized carbons (Fsp3) is 0.522. The van der Waals surface area contributed by atoms with E-state index in [2.05, 4.69) is 27.5 Å². The number of fused-ring (bicyclic) bond motifs is 7. The van der Waals surface area contributed by atoms with Gasteiger partial charge in [-0.15, -0.1) is 6.42 Å². The van der Waals surface area contributed by atoms with Crippen molar-refractivity contribution in [3.8, 4) is 35.4 Å². The summed E-state index contributed by atoms with van der Waals surface area (Å²) in [5, 5.41) is 12.0. The highest BCUT2D eigenvalue weighted by molar-refractivity contribution is 6.03. The van der Waals surface area contributed by atoms with Gasteiger partial charge < -0.3 is 23.6 Å². The number of piperazine rings is 1. The predicted molar refractivity (Wildman–Crippen MR) is 220 cm³/mol. The highest BCUT2D eigenvalue weighted by Crippen LogP contribution is 2.46. The Hall–Kier alpha value is -5.13. The normalized spacial score (nSPS) is 25.1. The number of hydrogen-bond donors (Lipinski definition) is 1. The van der Waals surface area contributed by atoms with Crippen LogP contribution in [0.15, 0.2) is 37.9 Å². The SMILES string of the molecule is C#Cc1c(F)ccc2cc(O)cc(-c3nc4c5c(nc(OC[C@@]67CCCN6C[C@H](F)C7)nc5c3F)N3C[C@H]5CC[C@@H]([C@H]3CCC4)N5Cc3oc(=O)oc3CCCCCC)c12. The Labute approximate surface area is 345 Å². The molecule has 2 bridgehead atoms. The fourth-order valence-corrected chi connectivity index (χ4v) is 11.2. The van der Waals surface area contributed by atoms with E-state index >= 15 is 8.78 Å². The van der Waals surface area contributed by atoms with Gasteiger partial charge in [0.05, 0.1) is 28.7 Å². The van der Waals surface area contributed by atoms with Crippen molar-refractivity contribution in [2.45, 2.75) is 127 Å². The molecule has 4 saturated heterocycles. The van der Waals surface area contributed by atoms with Crippen molar-refractivity contribution in [3.05, 3.63) is 69.3 Å². The van der Waals surface area contributed by atoms with Gasteiger partial charge in [0, 0.05) is 55.0 Å². The lowest BCUT2D eigenvalue weighted by Gasteiger charge is -2.48. The third-order valence-electron chi connectivity index (χ3n) is 13.9. The van der Waals surface area contributed by atoms with Gasteiger partial charge in [-0.25, -0.2) is 22.9 Å². The molecule has 60 heavy (non-hydrogen) atoms. The van der Waals surface area contributed by atoms with E-state index in [0.29, 0.717) is 72.7 Å². The maximum atomic E-state index is 17.6. The lowest BCUT2D eigenvalue weighted by atomic mass is 9.92. The van der Waals surface area contributed by atoms with Crippen molar-refractivity contribution in [1.82, 2.24) is 24.8 Å². The number of aryl methyl sites for hydroxylation is 2. The highest BCUT2D eigenvalue weighted by Gasteiger charge is 2.50. The second-order valence-electron chi connectivity index (χ2n) is 17.5. The summed E-state index contributed by atoms with van der Waals surface area (Å²) in [6, 6.07) is 5.69. The number of halogens is 3. The van der Waals surface area contributed by atoms with Gasteiger partial charge in [0.25, 0.3) is 0 Å². The molecule has 11 nitrogen and oxygen atoms in total. The van der Waals surface area contributed by atoms with Crippen LogP contribution in [0.5, 0.6) is 11.8 Å². The van der Waals surface area contributed by atoms with Crippen LogP contribution < -0.4 is 15.5 Å². The Kier molecular flexibility index (Phi) is 10.0. The molecule has 314 valence electrons. The number of phenols is 1. The minimum Gasteiger partial charge on any atom is -0.508 e. The molecule has 0 unspecified atom stereocenters. The molecule has 0 radical (unpaired) electrons. The van der Waals surface area contributed by atoms with E-state index in [9.17, 15) is 14.3 Å². The number of nitrogens with zero attached hydrogens (tertiary/aromatic N) is 6. The molecule has 5 aromatic rings. The number of anilines is 1. The number of aromatic nitrogens is 3. The van der Waals surface area contributed by atoms with Crippen molar-refractivity contribution in [2.24, 2.45) is 0 Å². The van der Waals surface area contributed by atoms with Gasteiger partial charge in [0.1, 0.15) is 41.4 Å². The van der Waals surface area contributed by atoms with Crippen LogP contribution in [0.2, 0.25) is 0 Å². The number of aromatic hydroxyl groups is 1. The first-order valence-electron chi connectivity index (χ1n) is 21.6. The van der Waals surface area contributed by atoms with Crippen LogP contribution in [0.25, 0.3) is 32.9 Å². The van der Waals surface area contributed by atoms with Crippen LogP contribution in [-0.4, -0.2) is 85.9 Å². The molecule has 4 fully saturated rings. The first kappa shape index (κ1) is 39.0. The summed E-state index contributed by atoms with van der Waals surface area (Å²) in [5.74, 6) is 1.93. The third kappa shape index (κ3) is 6.59. The van der Waals surface area contributed by atoms with E-state index in [0.717, 1.165) is 70.8 Å². The second-order valence-corrected chi connectivity index (χ2v) is 17.5. The molecule has 3 aromatic heterocycles. The summed E-state index contributed by atoms with van der Waals surface area (Å²) in [7, 11) is 0. The molecule has 1 N–H and O–H groups in total. The van der Waals surface area contributed by atoms with Gasteiger partial charge in [-0.3, -0.25) is 9.80 Å². The smallest absolute Gasteiger partial charge is 0.508 e. The van der Waals surface area contributed by atoms with Crippen molar-refractivity contribution in [1.29, 1.82) is 0 Å². The molecule has 8 heterocycles. The van der Waals surface area contributed by atoms with E-state index in [1.54, 1.807) is 0 Å². The quantitative estimate of drug-likeness (QED) is 0.103. The molecule has 5 aliphatic heterocycles. The molecule has 0 spiro atoms. The predicted octanol–water partition coefficient (Wildman–Crippen LogP) is 7.99. The van der Waals surface area contributed by atoms with Crippen molar-refractivity contribution >= 4 is 27.5 Å².